The zero-order chi connectivity index (χ0) is 42.5. The summed E-state index contributed by atoms with van der Waals surface area (Å²) in [5, 5.41) is 0. The molecule has 0 aliphatic carbocycles. The fourth-order valence-electron chi connectivity index (χ4n) is 9.05. The molecule has 9 aromatic carbocycles. The van der Waals surface area contributed by atoms with E-state index in [0.717, 1.165) is 27.8 Å². The van der Waals surface area contributed by atoms with Gasteiger partial charge in [-0.2, -0.15) is 0 Å². The third kappa shape index (κ3) is 7.25. The smallest absolute Gasteiger partial charge is 0.164 e. The Balaban J connectivity index is 1.21. The van der Waals surface area contributed by atoms with Gasteiger partial charge in [-0.15, -0.1) is 10.0 Å². The molecule has 0 bridgehead atoms. The number of benzene rings is 9. The number of hydrogen-bond donors (Lipinski definition) is 0. The summed E-state index contributed by atoms with van der Waals surface area (Å²) in [6, 6.07) is 91.2. The van der Waals surface area contributed by atoms with Crippen molar-refractivity contribution in [3.8, 4) is 34.2 Å². The normalized spacial score (nSPS) is 11.8. The van der Waals surface area contributed by atoms with Crippen LogP contribution < -0.4 is 0 Å². The molecule has 10 rings (SSSR count). The second-order valence-electron chi connectivity index (χ2n) is 15.6. The van der Waals surface area contributed by atoms with Crippen molar-refractivity contribution in [2.24, 2.45) is 0 Å². The van der Waals surface area contributed by atoms with E-state index in [1.54, 1.807) is 0 Å². The van der Waals surface area contributed by atoms with Crippen molar-refractivity contribution in [2.45, 2.75) is 31.9 Å². The first kappa shape index (κ1) is 39.5. The second-order valence-corrected chi connectivity index (χ2v) is 18.7. The van der Waals surface area contributed by atoms with Crippen LogP contribution in [0.1, 0.15) is 27.8 Å². The maximum Gasteiger partial charge on any atom is 0.164 e. The predicted molar refractivity (Wildman–Crippen MR) is 259 cm³/mol. The average molecular weight is 828 g/mol. The van der Waals surface area contributed by atoms with Gasteiger partial charge in [0.05, 0.1) is 5.41 Å². The summed E-state index contributed by atoms with van der Waals surface area (Å²) in [5.41, 5.74) is 7.92. The molecule has 302 valence electrons. The van der Waals surface area contributed by atoms with Crippen LogP contribution in [0.5, 0.6) is 0 Å². The highest BCUT2D eigenvalue weighted by atomic mass is 32.3. The van der Waals surface area contributed by atoms with Crippen LogP contribution in [0, 0.1) is 6.92 Å². The number of nitrogens with zero attached hydrogens (tertiary/aromatic N) is 3. The van der Waals surface area contributed by atoms with E-state index in [4.69, 9.17) is 15.0 Å². The van der Waals surface area contributed by atoms with Crippen LogP contribution in [-0.2, 0) is 5.41 Å². The Labute approximate surface area is 371 Å². The summed E-state index contributed by atoms with van der Waals surface area (Å²) >= 11 is 0. The van der Waals surface area contributed by atoms with Crippen LogP contribution >= 0.6 is 10.0 Å². The minimum atomic E-state index is -1.95. The highest BCUT2D eigenvalue weighted by molar-refractivity contribution is 8.34. The molecule has 0 aliphatic rings. The van der Waals surface area contributed by atoms with Crippen molar-refractivity contribution in [1.82, 2.24) is 15.0 Å². The minimum Gasteiger partial charge on any atom is -0.208 e. The van der Waals surface area contributed by atoms with Gasteiger partial charge in [0, 0.05) is 36.3 Å². The molecular formula is C59H45N3S. The Morgan fingerprint density at radius 1 is 0.302 bits per heavy atom. The van der Waals surface area contributed by atoms with Gasteiger partial charge in [-0.05, 0) is 89.3 Å². The molecule has 63 heavy (non-hydrogen) atoms. The van der Waals surface area contributed by atoms with E-state index >= 15 is 0 Å². The van der Waals surface area contributed by atoms with E-state index in [2.05, 4.69) is 262 Å². The van der Waals surface area contributed by atoms with Gasteiger partial charge in [-0.25, -0.2) is 15.0 Å². The van der Waals surface area contributed by atoms with Gasteiger partial charge in [-0.3, -0.25) is 0 Å². The Hall–Kier alpha value is -7.66. The summed E-state index contributed by atoms with van der Waals surface area (Å²) in [6.45, 7) is 2.12. The van der Waals surface area contributed by atoms with Gasteiger partial charge in [0.15, 0.2) is 17.5 Å². The van der Waals surface area contributed by atoms with Gasteiger partial charge in [0.2, 0.25) is 0 Å². The van der Waals surface area contributed by atoms with E-state index in [1.165, 1.54) is 36.3 Å². The molecule has 0 N–H and O–H groups in total. The molecule has 0 unspecified atom stereocenters. The monoisotopic (exact) mass is 827 g/mol. The first-order valence-corrected chi connectivity index (χ1v) is 23.0. The van der Waals surface area contributed by atoms with Crippen LogP contribution in [0.4, 0.5) is 0 Å². The molecule has 3 nitrogen and oxygen atoms in total. The lowest BCUT2D eigenvalue weighted by molar-refractivity contribution is 0.745. The summed E-state index contributed by atoms with van der Waals surface area (Å²) < 4.78 is 0. The summed E-state index contributed by atoms with van der Waals surface area (Å²) in [4.78, 5) is 21.0. The third-order valence-corrected chi connectivity index (χ3v) is 15.8. The summed E-state index contributed by atoms with van der Waals surface area (Å²) in [6.07, 6.45) is 0. The first-order chi connectivity index (χ1) is 31.2. The van der Waals surface area contributed by atoms with Gasteiger partial charge < -0.3 is 0 Å². The Kier molecular flexibility index (Phi) is 10.9. The SMILES string of the molecule is Cc1ccccc1-c1nc(-c2cccc(C(c3ccccc3)(c3ccccc3)c3ccccc3)c2)nc(-c2cccc(S(c3ccccc3)(c3ccccc3)c3ccccc3)c2)n1. The lowest BCUT2D eigenvalue weighted by Crippen LogP contribution is -2.31. The maximum atomic E-state index is 5.40. The molecule has 0 atom stereocenters. The van der Waals surface area contributed by atoms with Gasteiger partial charge in [-0.1, -0.05) is 200 Å². The van der Waals surface area contributed by atoms with Gasteiger partial charge >= 0.3 is 0 Å². The Morgan fingerprint density at radius 3 is 1.11 bits per heavy atom. The molecule has 0 aliphatic heterocycles. The fraction of sp³-hybridized carbons (Fsp3) is 0.0339. The second kappa shape index (κ2) is 17.4. The van der Waals surface area contributed by atoms with Crippen LogP contribution in [-0.4, -0.2) is 15.0 Å². The van der Waals surface area contributed by atoms with Crippen molar-refractivity contribution in [2.75, 3.05) is 0 Å². The summed E-state index contributed by atoms with van der Waals surface area (Å²) in [5.74, 6) is 1.87. The molecule has 10 aromatic rings. The fourth-order valence-corrected chi connectivity index (χ4v) is 13.0. The van der Waals surface area contributed by atoms with Crippen LogP contribution in [0.2, 0.25) is 0 Å². The molecule has 0 saturated carbocycles. The van der Waals surface area contributed by atoms with Crippen LogP contribution in [0.25, 0.3) is 34.2 Å². The Morgan fingerprint density at radius 2 is 0.651 bits per heavy atom. The molecule has 4 heteroatoms. The molecule has 0 saturated heterocycles. The lowest BCUT2D eigenvalue weighted by Gasteiger charge is -2.42. The van der Waals surface area contributed by atoms with Crippen molar-refractivity contribution < 1.29 is 0 Å². The zero-order valence-corrected chi connectivity index (χ0v) is 35.8. The average Bonchev–Trinajstić information content (AvgIpc) is 3.37. The molecule has 1 aromatic heterocycles. The molecule has 0 fully saturated rings. The standard InChI is InChI=1S/C59H45N3S/c1-44-24-20-21-41-55(44)58-61-56(45-25-22-33-50(42-45)59(47-27-8-2-9-28-47,48-29-10-3-11-30-48)49-31-12-4-13-32-49)60-57(62-58)46-26-23-40-54(43-46)63(51-34-14-5-15-35-51,52-36-16-6-17-37-52)53-38-18-7-19-39-53/h2-43H,1H3. The number of aryl methyl sites for hydroxylation is 1. The molecule has 0 spiro atoms. The van der Waals surface area contributed by atoms with Crippen LogP contribution in [0.3, 0.4) is 0 Å². The molecule has 1 heterocycles. The lowest BCUT2D eigenvalue weighted by atomic mass is 9.65. The maximum absolute atomic E-state index is 5.40. The third-order valence-electron chi connectivity index (χ3n) is 11.9. The van der Waals surface area contributed by atoms with Crippen molar-refractivity contribution in [3.05, 3.63) is 283 Å². The Bertz CT molecular complexity index is 2720. The quantitative estimate of drug-likeness (QED) is 0.122. The van der Waals surface area contributed by atoms with E-state index in [-0.39, 0.29) is 0 Å². The van der Waals surface area contributed by atoms with Gasteiger partial charge in [0.1, 0.15) is 0 Å². The van der Waals surface area contributed by atoms with E-state index < -0.39 is 15.4 Å². The highest BCUT2D eigenvalue weighted by Gasteiger charge is 2.39. The van der Waals surface area contributed by atoms with Crippen LogP contribution in [0.15, 0.2) is 274 Å². The van der Waals surface area contributed by atoms with Crippen molar-refractivity contribution >= 4 is 10.0 Å². The van der Waals surface area contributed by atoms with Crippen molar-refractivity contribution in [1.29, 1.82) is 0 Å². The zero-order valence-electron chi connectivity index (χ0n) is 35.0. The molecule has 0 radical (unpaired) electrons. The summed E-state index contributed by atoms with van der Waals surface area (Å²) in [7, 11) is -1.95. The highest BCUT2D eigenvalue weighted by Crippen LogP contribution is 2.73. The largest absolute Gasteiger partial charge is 0.208 e. The number of rotatable bonds is 11. The molecule has 0 amide bonds. The van der Waals surface area contributed by atoms with E-state index in [9.17, 15) is 0 Å². The van der Waals surface area contributed by atoms with E-state index in [0.29, 0.717) is 17.5 Å². The number of hydrogen-bond acceptors (Lipinski definition) is 3. The van der Waals surface area contributed by atoms with Gasteiger partial charge in [0.25, 0.3) is 0 Å². The minimum absolute atomic E-state index is 0.612. The number of aromatic nitrogens is 3. The topological polar surface area (TPSA) is 38.7 Å². The predicted octanol–water partition coefficient (Wildman–Crippen LogP) is 14.9. The molecular weight excluding hydrogens is 783 g/mol. The first-order valence-electron chi connectivity index (χ1n) is 21.3. The van der Waals surface area contributed by atoms with E-state index in [1.807, 2.05) is 0 Å². The van der Waals surface area contributed by atoms with Crippen molar-refractivity contribution in [3.63, 3.8) is 0 Å².